The molecular weight excluding hydrogens is 176 g/mol. The SMILES string of the molecule is [CH-]1CCC[CH-]N1.[V].[V]. The van der Waals surface area contributed by atoms with Crippen molar-refractivity contribution in [1.29, 1.82) is 0 Å². The van der Waals surface area contributed by atoms with Crippen molar-refractivity contribution in [2.45, 2.75) is 19.3 Å². The van der Waals surface area contributed by atoms with Crippen LogP contribution in [0.5, 0.6) is 0 Å². The molecule has 0 bridgehead atoms. The fourth-order valence-electron chi connectivity index (χ4n) is 0.572. The molecule has 0 saturated carbocycles. The van der Waals surface area contributed by atoms with Gasteiger partial charge in [-0.05, 0) is 0 Å². The Morgan fingerprint density at radius 3 is 1.62 bits per heavy atom. The molecular formula is C5H9NV2-2. The van der Waals surface area contributed by atoms with Gasteiger partial charge in [-0.2, -0.15) is 12.8 Å². The second-order valence-electron chi connectivity index (χ2n) is 1.51. The van der Waals surface area contributed by atoms with Gasteiger partial charge in [-0.15, -0.1) is 6.42 Å². The van der Waals surface area contributed by atoms with Crippen LogP contribution in [0.2, 0.25) is 0 Å². The minimum atomic E-state index is 0. The van der Waals surface area contributed by atoms with E-state index in [1.54, 1.807) is 0 Å². The number of nitrogens with one attached hydrogen (secondary N) is 1. The van der Waals surface area contributed by atoms with Gasteiger partial charge in [0.25, 0.3) is 0 Å². The minimum absolute atomic E-state index is 0. The fraction of sp³-hybridized carbons (Fsp3) is 0.600. The van der Waals surface area contributed by atoms with Gasteiger partial charge in [-0.3, -0.25) is 0 Å². The van der Waals surface area contributed by atoms with Crippen LogP contribution < -0.4 is 5.32 Å². The van der Waals surface area contributed by atoms with Crippen LogP contribution in [0.15, 0.2) is 0 Å². The number of piperidine rings is 1. The van der Waals surface area contributed by atoms with E-state index in [1.165, 1.54) is 19.3 Å². The summed E-state index contributed by atoms with van der Waals surface area (Å²) >= 11 is 0. The van der Waals surface area contributed by atoms with Crippen LogP contribution in [0.4, 0.5) is 0 Å². The van der Waals surface area contributed by atoms with Crippen LogP contribution in [0.3, 0.4) is 0 Å². The first-order valence-corrected chi connectivity index (χ1v) is 2.39. The van der Waals surface area contributed by atoms with Crippen molar-refractivity contribution in [3.8, 4) is 0 Å². The Hall–Kier alpha value is 1.13. The molecule has 0 aromatic heterocycles. The molecule has 0 aromatic carbocycles. The van der Waals surface area contributed by atoms with E-state index < -0.39 is 0 Å². The molecule has 1 saturated heterocycles. The molecule has 2 radical (unpaired) electrons. The van der Waals surface area contributed by atoms with E-state index in [9.17, 15) is 0 Å². The Morgan fingerprint density at radius 1 is 1.00 bits per heavy atom. The van der Waals surface area contributed by atoms with Gasteiger partial charge in [-0.25, -0.2) is 0 Å². The topological polar surface area (TPSA) is 12.0 Å². The molecule has 1 rings (SSSR count). The monoisotopic (exact) mass is 185 g/mol. The Labute approximate surface area is 74.8 Å². The van der Waals surface area contributed by atoms with E-state index in [4.69, 9.17) is 0 Å². The Bertz CT molecular complexity index is 25.9. The Balaban J connectivity index is 0. The van der Waals surface area contributed by atoms with E-state index in [0.717, 1.165) is 0 Å². The van der Waals surface area contributed by atoms with Crippen molar-refractivity contribution in [2.75, 3.05) is 0 Å². The van der Waals surface area contributed by atoms with Gasteiger partial charge >= 0.3 is 0 Å². The van der Waals surface area contributed by atoms with Gasteiger partial charge < -0.3 is 18.4 Å². The predicted molar refractivity (Wildman–Crippen MR) is 25.6 cm³/mol. The first-order chi connectivity index (χ1) is 3.00. The molecule has 0 atom stereocenters. The summed E-state index contributed by atoms with van der Waals surface area (Å²) in [4.78, 5) is 0. The van der Waals surface area contributed by atoms with E-state index in [2.05, 4.69) is 18.4 Å². The molecule has 8 heavy (non-hydrogen) atoms. The van der Waals surface area contributed by atoms with Crippen LogP contribution in [-0.4, -0.2) is 0 Å². The second kappa shape index (κ2) is 8.13. The third kappa shape index (κ3) is 5.27. The Kier molecular flexibility index (Phi) is 12.1. The van der Waals surface area contributed by atoms with Gasteiger partial charge in [0.15, 0.2) is 0 Å². The number of hydrogen-bond donors (Lipinski definition) is 1. The number of rotatable bonds is 0. The maximum absolute atomic E-state index is 3.03. The summed E-state index contributed by atoms with van der Waals surface area (Å²) < 4.78 is 0. The number of hydrogen-bond acceptors (Lipinski definition) is 1. The van der Waals surface area contributed by atoms with E-state index in [-0.39, 0.29) is 37.1 Å². The van der Waals surface area contributed by atoms with Crippen molar-refractivity contribution in [3.63, 3.8) is 0 Å². The summed E-state index contributed by atoms with van der Waals surface area (Å²) in [6, 6.07) is 0. The molecule has 46 valence electrons. The Morgan fingerprint density at radius 2 is 1.50 bits per heavy atom. The molecule has 0 aliphatic carbocycles. The second-order valence-corrected chi connectivity index (χ2v) is 1.51. The minimum Gasteiger partial charge on any atom is -0.619 e. The average Bonchev–Trinajstić information content (AvgIpc) is 1.72. The normalized spacial score (nSPS) is 18.0. The van der Waals surface area contributed by atoms with Crippen LogP contribution >= 0.6 is 0 Å². The molecule has 1 nitrogen and oxygen atoms in total. The van der Waals surface area contributed by atoms with Gasteiger partial charge in [0, 0.05) is 37.1 Å². The molecule has 0 amide bonds. The summed E-state index contributed by atoms with van der Waals surface area (Å²) in [6.07, 6.45) is 3.79. The smallest absolute Gasteiger partial charge is 0 e. The van der Waals surface area contributed by atoms with Crippen molar-refractivity contribution < 1.29 is 37.1 Å². The van der Waals surface area contributed by atoms with Gasteiger partial charge in [0.1, 0.15) is 0 Å². The molecule has 1 aliphatic heterocycles. The van der Waals surface area contributed by atoms with Crippen molar-refractivity contribution in [2.24, 2.45) is 0 Å². The first kappa shape index (κ1) is 11.9. The third-order valence-corrected chi connectivity index (χ3v) is 0.933. The summed E-state index contributed by atoms with van der Waals surface area (Å²) in [6.45, 7) is 4.17. The third-order valence-electron chi connectivity index (χ3n) is 0.933. The average molecular weight is 185 g/mol. The van der Waals surface area contributed by atoms with Crippen molar-refractivity contribution >= 4 is 0 Å². The first-order valence-electron chi connectivity index (χ1n) is 2.39. The standard InChI is InChI=1S/C5H9N.2V/c1-2-4-6-5-3-1;;/h4-6H,1-3H2;;/q-2;;. The van der Waals surface area contributed by atoms with E-state index in [0.29, 0.717) is 0 Å². The zero-order chi connectivity index (χ0) is 4.24. The van der Waals surface area contributed by atoms with Crippen LogP contribution in [0.25, 0.3) is 0 Å². The van der Waals surface area contributed by atoms with Gasteiger partial charge in [0.2, 0.25) is 0 Å². The van der Waals surface area contributed by atoms with Crippen molar-refractivity contribution in [3.05, 3.63) is 13.1 Å². The van der Waals surface area contributed by atoms with Gasteiger partial charge in [-0.1, -0.05) is 0 Å². The summed E-state index contributed by atoms with van der Waals surface area (Å²) in [7, 11) is 0. The summed E-state index contributed by atoms with van der Waals surface area (Å²) in [5.41, 5.74) is 0. The van der Waals surface area contributed by atoms with Crippen LogP contribution in [-0.2, 0) is 37.1 Å². The zero-order valence-electron chi connectivity index (χ0n) is 4.67. The van der Waals surface area contributed by atoms with Crippen molar-refractivity contribution in [1.82, 2.24) is 5.32 Å². The fourth-order valence-corrected chi connectivity index (χ4v) is 0.572. The molecule has 1 fully saturated rings. The summed E-state index contributed by atoms with van der Waals surface area (Å²) in [5, 5.41) is 3.03. The summed E-state index contributed by atoms with van der Waals surface area (Å²) in [5.74, 6) is 0. The maximum atomic E-state index is 3.03. The zero-order valence-corrected chi connectivity index (χ0v) is 7.46. The van der Waals surface area contributed by atoms with E-state index in [1.807, 2.05) is 0 Å². The largest absolute Gasteiger partial charge is 0.619 e. The quantitative estimate of drug-likeness (QED) is 0.556. The molecule has 3 heteroatoms. The predicted octanol–water partition coefficient (Wildman–Crippen LogP) is 1.08. The van der Waals surface area contributed by atoms with Crippen LogP contribution in [0.1, 0.15) is 19.3 Å². The molecule has 1 heterocycles. The molecule has 0 spiro atoms. The van der Waals surface area contributed by atoms with Gasteiger partial charge in [0.05, 0.1) is 0 Å². The van der Waals surface area contributed by atoms with E-state index >= 15 is 0 Å². The van der Waals surface area contributed by atoms with Crippen LogP contribution in [0, 0.1) is 13.1 Å². The molecule has 1 N–H and O–H groups in total. The maximum Gasteiger partial charge on any atom is 0 e. The molecule has 0 unspecified atom stereocenters. The molecule has 0 aromatic rings. The molecule has 1 aliphatic rings.